The van der Waals surface area contributed by atoms with Crippen molar-refractivity contribution in [1.29, 1.82) is 0 Å². The molecule has 0 aliphatic rings. The van der Waals surface area contributed by atoms with Crippen LogP contribution in [0.4, 0.5) is 0 Å². The SMILES string of the molecule is c1ccc2c(-c3c4ccccc4c(-c4ccc(-c5cc6sc7ccccc7c6c6sc7ccccc7c56)cc4)c4ccccc34)cccc2c1. The molecule has 11 rings (SSSR count). The summed E-state index contributed by atoms with van der Waals surface area (Å²) >= 11 is 3.83. The third kappa shape index (κ3) is 4.04. The lowest BCUT2D eigenvalue weighted by Gasteiger charge is -2.19. The Morgan fingerprint density at radius 2 is 0.800 bits per heavy atom. The molecular formula is C48H28S2. The second-order valence-electron chi connectivity index (χ2n) is 13.1. The van der Waals surface area contributed by atoms with E-state index >= 15 is 0 Å². The minimum absolute atomic E-state index is 1.24. The zero-order valence-corrected chi connectivity index (χ0v) is 28.6. The molecule has 0 spiro atoms. The van der Waals surface area contributed by atoms with Crippen molar-refractivity contribution in [3.05, 3.63) is 170 Å². The average molecular weight is 669 g/mol. The van der Waals surface area contributed by atoms with E-state index in [0.29, 0.717) is 0 Å². The van der Waals surface area contributed by atoms with Crippen molar-refractivity contribution in [2.75, 3.05) is 0 Å². The summed E-state index contributed by atoms with van der Waals surface area (Å²) in [5.41, 5.74) is 7.67. The van der Waals surface area contributed by atoms with Gasteiger partial charge in [-0.25, -0.2) is 0 Å². The third-order valence-corrected chi connectivity index (χ3v) is 12.8. The molecule has 2 heteroatoms. The molecule has 0 atom stereocenters. The maximum Gasteiger partial charge on any atom is 0.0454 e. The van der Waals surface area contributed by atoms with Crippen LogP contribution in [0.1, 0.15) is 0 Å². The molecule has 0 fully saturated rings. The minimum Gasteiger partial charge on any atom is -0.135 e. The van der Waals surface area contributed by atoms with Gasteiger partial charge in [-0.3, -0.25) is 0 Å². The van der Waals surface area contributed by atoms with E-state index in [1.807, 2.05) is 22.7 Å². The first kappa shape index (κ1) is 28.1. The first-order chi connectivity index (χ1) is 24.8. The predicted octanol–water partition coefficient (Wildman–Crippen LogP) is 14.9. The summed E-state index contributed by atoms with van der Waals surface area (Å²) in [7, 11) is 0. The average Bonchev–Trinajstić information content (AvgIpc) is 3.75. The lowest BCUT2D eigenvalue weighted by molar-refractivity contribution is 1.65. The third-order valence-electron chi connectivity index (χ3n) is 10.5. The summed E-state index contributed by atoms with van der Waals surface area (Å²) in [6, 6.07) is 62.9. The monoisotopic (exact) mass is 668 g/mol. The van der Waals surface area contributed by atoms with Crippen molar-refractivity contribution in [2.45, 2.75) is 0 Å². The number of fused-ring (bicyclic) bond motifs is 10. The lowest BCUT2D eigenvalue weighted by Crippen LogP contribution is -1.91. The highest BCUT2D eigenvalue weighted by molar-refractivity contribution is 7.30. The summed E-state index contributed by atoms with van der Waals surface area (Å²) in [6.07, 6.45) is 0. The van der Waals surface area contributed by atoms with Gasteiger partial charge in [0.15, 0.2) is 0 Å². The Labute approximate surface area is 297 Å². The summed E-state index contributed by atoms with van der Waals surface area (Å²) < 4.78 is 5.43. The molecule has 9 aromatic carbocycles. The van der Waals surface area contributed by atoms with Gasteiger partial charge in [0.1, 0.15) is 0 Å². The fourth-order valence-electron chi connectivity index (χ4n) is 8.31. The molecule has 11 aromatic rings. The number of hydrogen-bond donors (Lipinski definition) is 0. The highest BCUT2D eigenvalue weighted by Gasteiger charge is 2.20. The molecular weight excluding hydrogens is 641 g/mol. The van der Waals surface area contributed by atoms with Gasteiger partial charge >= 0.3 is 0 Å². The standard InChI is InChI=1S/C48H28S2/c1-2-14-32-29(12-1)13-11-21-33(32)45-36-17-5-3-15-34(36)44(35-16-4-6-18-37(35)45)31-26-24-30(25-27-31)40-28-43-47(39-20-8-9-22-41(39)49-43)48-46(40)38-19-7-10-23-42(38)50-48/h1-28H. The van der Waals surface area contributed by atoms with Crippen molar-refractivity contribution in [3.8, 4) is 33.4 Å². The summed E-state index contributed by atoms with van der Waals surface area (Å²) in [4.78, 5) is 0. The molecule has 0 aliphatic heterocycles. The van der Waals surface area contributed by atoms with E-state index in [4.69, 9.17) is 0 Å². The van der Waals surface area contributed by atoms with E-state index in [-0.39, 0.29) is 0 Å². The molecule has 0 N–H and O–H groups in total. The van der Waals surface area contributed by atoms with Gasteiger partial charge in [0.25, 0.3) is 0 Å². The molecule has 232 valence electrons. The Morgan fingerprint density at radius 3 is 1.48 bits per heavy atom. The van der Waals surface area contributed by atoms with Gasteiger partial charge in [-0.2, -0.15) is 0 Å². The van der Waals surface area contributed by atoms with Crippen molar-refractivity contribution < 1.29 is 0 Å². The van der Waals surface area contributed by atoms with Gasteiger partial charge in [-0.1, -0.05) is 152 Å². The Balaban J connectivity index is 1.16. The summed E-state index contributed by atoms with van der Waals surface area (Å²) in [5.74, 6) is 0. The van der Waals surface area contributed by atoms with Crippen LogP contribution in [0.15, 0.2) is 170 Å². The highest BCUT2D eigenvalue weighted by atomic mass is 32.1. The smallest absolute Gasteiger partial charge is 0.0454 e. The van der Waals surface area contributed by atoms with Crippen LogP contribution in [0.5, 0.6) is 0 Å². The number of rotatable bonds is 3. The van der Waals surface area contributed by atoms with Gasteiger partial charge in [0.2, 0.25) is 0 Å². The van der Waals surface area contributed by atoms with E-state index in [0.717, 1.165) is 0 Å². The van der Waals surface area contributed by atoms with Crippen LogP contribution < -0.4 is 0 Å². The lowest BCUT2D eigenvalue weighted by atomic mass is 9.84. The molecule has 0 nitrogen and oxygen atoms in total. The van der Waals surface area contributed by atoms with Crippen LogP contribution in [-0.2, 0) is 0 Å². The Kier molecular flexibility index (Phi) is 6.09. The van der Waals surface area contributed by atoms with Crippen molar-refractivity contribution >= 4 is 95.3 Å². The first-order valence-electron chi connectivity index (χ1n) is 17.1. The molecule has 0 saturated heterocycles. The number of benzene rings is 9. The largest absolute Gasteiger partial charge is 0.135 e. The molecule has 0 amide bonds. The molecule has 2 aromatic heterocycles. The molecule has 0 radical (unpaired) electrons. The van der Waals surface area contributed by atoms with E-state index in [9.17, 15) is 0 Å². The molecule has 0 saturated carbocycles. The second kappa shape index (κ2) is 10.9. The van der Waals surface area contributed by atoms with Gasteiger partial charge in [0.05, 0.1) is 0 Å². The maximum absolute atomic E-state index is 2.44. The molecule has 0 unspecified atom stereocenters. The van der Waals surface area contributed by atoms with Crippen molar-refractivity contribution in [2.24, 2.45) is 0 Å². The zero-order valence-electron chi connectivity index (χ0n) is 27.0. The van der Waals surface area contributed by atoms with Crippen molar-refractivity contribution in [3.63, 3.8) is 0 Å². The highest BCUT2D eigenvalue weighted by Crippen LogP contribution is 2.49. The topological polar surface area (TPSA) is 0 Å². The van der Waals surface area contributed by atoms with Crippen molar-refractivity contribution in [1.82, 2.24) is 0 Å². The second-order valence-corrected chi connectivity index (χ2v) is 15.3. The molecule has 50 heavy (non-hydrogen) atoms. The Hall–Kier alpha value is -5.80. The molecule has 0 bridgehead atoms. The zero-order chi connectivity index (χ0) is 32.8. The Morgan fingerprint density at radius 1 is 0.300 bits per heavy atom. The van der Waals surface area contributed by atoms with Crippen LogP contribution in [0.2, 0.25) is 0 Å². The first-order valence-corrected chi connectivity index (χ1v) is 18.7. The van der Waals surface area contributed by atoms with E-state index < -0.39 is 0 Å². The van der Waals surface area contributed by atoms with E-state index in [1.54, 1.807) is 0 Å². The van der Waals surface area contributed by atoms with Crippen LogP contribution in [0, 0.1) is 0 Å². The minimum atomic E-state index is 1.24. The summed E-state index contributed by atoms with van der Waals surface area (Å²) in [6.45, 7) is 0. The maximum atomic E-state index is 2.44. The van der Waals surface area contributed by atoms with Gasteiger partial charge in [-0.05, 0) is 83.9 Å². The molecule has 0 aliphatic carbocycles. The van der Waals surface area contributed by atoms with Gasteiger partial charge in [0, 0.05) is 40.3 Å². The number of thiophene rings is 2. The van der Waals surface area contributed by atoms with Gasteiger partial charge < -0.3 is 0 Å². The van der Waals surface area contributed by atoms with E-state index in [1.165, 1.54) is 106 Å². The summed E-state index contributed by atoms with van der Waals surface area (Å²) in [5, 5.41) is 13.1. The van der Waals surface area contributed by atoms with E-state index in [2.05, 4.69) is 170 Å². The quantitative estimate of drug-likeness (QED) is 0.164. The van der Waals surface area contributed by atoms with Crippen LogP contribution >= 0.6 is 22.7 Å². The normalized spacial score (nSPS) is 12.0. The predicted molar refractivity (Wildman–Crippen MR) is 221 cm³/mol. The van der Waals surface area contributed by atoms with Crippen LogP contribution in [-0.4, -0.2) is 0 Å². The fraction of sp³-hybridized carbons (Fsp3) is 0. The fourth-order valence-corrected chi connectivity index (χ4v) is 10.8. The van der Waals surface area contributed by atoms with Gasteiger partial charge in [-0.15, -0.1) is 22.7 Å². The Bertz CT molecular complexity index is 3080. The number of hydrogen-bond acceptors (Lipinski definition) is 2. The van der Waals surface area contributed by atoms with Crippen LogP contribution in [0.3, 0.4) is 0 Å². The van der Waals surface area contributed by atoms with Crippen LogP contribution in [0.25, 0.3) is 106 Å². The molecule has 2 heterocycles.